The van der Waals surface area contributed by atoms with E-state index >= 15 is 0 Å². The van der Waals surface area contributed by atoms with Crippen molar-refractivity contribution in [2.24, 2.45) is 0 Å². The summed E-state index contributed by atoms with van der Waals surface area (Å²) in [5.41, 5.74) is 4.26. The van der Waals surface area contributed by atoms with E-state index in [-0.39, 0.29) is 11.7 Å². The van der Waals surface area contributed by atoms with Crippen molar-refractivity contribution in [2.45, 2.75) is 6.04 Å². The Balaban J connectivity index is 1.71. The number of amides is 1. The lowest BCUT2D eigenvalue weighted by Crippen LogP contribution is -2.29. The number of carbonyl (C=O) groups excluding carboxylic acids is 1. The van der Waals surface area contributed by atoms with Crippen LogP contribution in [0.3, 0.4) is 0 Å². The monoisotopic (exact) mass is 481 g/mol. The summed E-state index contributed by atoms with van der Waals surface area (Å²) in [6, 6.07) is 20.6. The van der Waals surface area contributed by atoms with Gasteiger partial charge in [-0.1, -0.05) is 51.8 Å². The number of nitrogens with zero attached hydrogens (tertiary/aromatic N) is 2. The molecule has 0 saturated heterocycles. The molecule has 0 unspecified atom stereocenters. The number of anilines is 1. The second-order valence-electron chi connectivity index (χ2n) is 6.97. The predicted molar refractivity (Wildman–Crippen MR) is 118 cm³/mol. The van der Waals surface area contributed by atoms with Crippen LogP contribution in [-0.4, -0.2) is 16.1 Å². The van der Waals surface area contributed by atoms with Crippen molar-refractivity contribution in [3.63, 3.8) is 0 Å². The molecule has 1 atom stereocenters. The van der Waals surface area contributed by atoms with Crippen LogP contribution in [0.25, 0.3) is 11.3 Å². The van der Waals surface area contributed by atoms with E-state index in [1.54, 1.807) is 41.3 Å². The van der Waals surface area contributed by atoms with Gasteiger partial charge in [0.15, 0.2) is 0 Å². The third-order valence-electron chi connectivity index (χ3n) is 5.18. The summed E-state index contributed by atoms with van der Waals surface area (Å²) >= 11 is 9.49. The van der Waals surface area contributed by atoms with Crippen LogP contribution in [0.2, 0.25) is 5.02 Å². The largest absolute Gasteiger partial charge is 0.295 e. The highest BCUT2D eigenvalue weighted by Gasteiger charge is 2.43. The number of carbonyl (C=O) groups is 1. The summed E-state index contributed by atoms with van der Waals surface area (Å²) in [4.78, 5) is 15.1. The number of H-pyrrole nitrogens is 1. The van der Waals surface area contributed by atoms with Crippen LogP contribution in [0, 0.1) is 5.82 Å². The van der Waals surface area contributed by atoms with E-state index in [0.717, 1.165) is 21.2 Å². The number of halogens is 3. The van der Waals surface area contributed by atoms with Gasteiger partial charge in [0.25, 0.3) is 5.91 Å². The van der Waals surface area contributed by atoms with Crippen molar-refractivity contribution in [3.05, 3.63) is 105 Å². The molecule has 4 aromatic rings. The van der Waals surface area contributed by atoms with Gasteiger partial charge < -0.3 is 0 Å². The molecule has 30 heavy (non-hydrogen) atoms. The number of aromatic nitrogens is 2. The molecule has 0 aliphatic carbocycles. The van der Waals surface area contributed by atoms with Gasteiger partial charge in [-0.3, -0.25) is 14.8 Å². The Kier molecular flexibility index (Phi) is 4.68. The summed E-state index contributed by atoms with van der Waals surface area (Å²) < 4.78 is 14.6. The van der Waals surface area contributed by atoms with Crippen molar-refractivity contribution in [2.75, 3.05) is 4.90 Å². The molecular weight excluding hydrogens is 469 g/mol. The fourth-order valence-corrected chi connectivity index (χ4v) is 4.19. The first-order valence-corrected chi connectivity index (χ1v) is 10.4. The SMILES string of the molecule is O=C1c2[nH]nc(-c3ccc(Br)cc3)c2[C@@H](c2ccc(F)cc2)N1c1ccc(Cl)cc1. The Hall–Kier alpha value is -2.96. The zero-order valence-corrected chi connectivity index (χ0v) is 17.8. The number of aromatic amines is 1. The van der Waals surface area contributed by atoms with Crippen LogP contribution in [0.5, 0.6) is 0 Å². The smallest absolute Gasteiger partial charge is 0.277 e. The van der Waals surface area contributed by atoms with Gasteiger partial charge in [-0.2, -0.15) is 5.10 Å². The van der Waals surface area contributed by atoms with E-state index in [2.05, 4.69) is 26.1 Å². The van der Waals surface area contributed by atoms with Gasteiger partial charge in [-0.25, -0.2) is 4.39 Å². The van der Waals surface area contributed by atoms with Gasteiger partial charge in [0.05, 0.1) is 11.7 Å². The Bertz CT molecular complexity index is 1240. The first-order chi connectivity index (χ1) is 14.5. The van der Waals surface area contributed by atoms with E-state index in [1.807, 2.05) is 24.3 Å². The average Bonchev–Trinajstić information content (AvgIpc) is 3.29. The minimum absolute atomic E-state index is 0.197. The third kappa shape index (κ3) is 3.13. The van der Waals surface area contributed by atoms with Crippen LogP contribution in [0.1, 0.15) is 27.7 Å². The molecule has 2 heterocycles. The highest BCUT2D eigenvalue weighted by Crippen LogP contribution is 2.45. The molecule has 0 spiro atoms. The van der Waals surface area contributed by atoms with Crippen LogP contribution >= 0.6 is 27.5 Å². The van der Waals surface area contributed by atoms with Gasteiger partial charge in [-0.15, -0.1) is 0 Å². The number of fused-ring (bicyclic) bond motifs is 1. The van der Waals surface area contributed by atoms with Crippen molar-refractivity contribution in [3.8, 4) is 11.3 Å². The van der Waals surface area contributed by atoms with E-state index in [9.17, 15) is 9.18 Å². The molecule has 7 heteroatoms. The van der Waals surface area contributed by atoms with Crippen LogP contribution < -0.4 is 4.90 Å². The summed E-state index contributed by atoms with van der Waals surface area (Å²) in [7, 11) is 0. The molecule has 1 aliphatic heterocycles. The number of benzene rings is 3. The first kappa shape index (κ1) is 19.0. The number of hydrogen-bond acceptors (Lipinski definition) is 2. The molecule has 148 valence electrons. The lowest BCUT2D eigenvalue weighted by molar-refractivity contribution is 0.0989. The second-order valence-corrected chi connectivity index (χ2v) is 8.33. The summed E-state index contributed by atoms with van der Waals surface area (Å²) in [6.07, 6.45) is 0. The zero-order chi connectivity index (χ0) is 20.8. The van der Waals surface area contributed by atoms with E-state index in [0.29, 0.717) is 22.1 Å². The maximum absolute atomic E-state index is 13.6. The summed E-state index contributed by atoms with van der Waals surface area (Å²) in [6.45, 7) is 0. The minimum Gasteiger partial charge on any atom is -0.295 e. The normalized spacial score (nSPS) is 15.5. The van der Waals surface area contributed by atoms with E-state index in [1.165, 1.54) is 12.1 Å². The maximum Gasteiger partial charge on any atom is 0.277 e. The third-order valence-corrected chi connectivity index (χ3v) is 5.96. The predicted octanol–water partition coefficient (Wildman–Crippen LogP) is 6.38. The van der Waals surface area contributed by atoms with Gasteiger partial charge in [0.1, 0.15) is 11.5 Å². The van der Waals surface area contributed by atoms with Gasteiger partial charge in [-0.05, 0) is 54.1 Å². The fourth-order valence-electron chi connectivity index (χ4n) is 3.80. The highest BCUT2D eigenvalue weighted by atomic mass is 79.9. The first-order valence-electron chi connectivity index (χ1n) is 9.22. The zero-order valence-electron chi connectivity index (χ0n) is 15.4. The van der Waals surface area contributed by atoms with Crippen LogP contribution in [0.15, 0.2) is 77.3 Å². The van der Waals surface area contributed by atoms with Crippen molar-refractivity contribution in [1.82, 2.24) is 10.2 Å². The van der Waals surface area contributed by atoms with Crippen molar-refractivity contribution in [1.29, 1.82) is 0 Å². The van der Waals surface area contributed by atoms with Gasteiger partial charge in [0, 0.05) is 26.3 Å². The Labute approximate surface area is 185 Å². The van der Waals surface area contributed by atoms with Gasteiger partial charge >= 0.3 is 0 Å². The van der Waals surface area contributed by atoms with E-state index in [4.69, 9.17) is 11.6 Å². The Morgan fingerprint density at radius 2 is 1.63 bits per heavy atom. The van der Waals surface area contributed by atoms with Crippen molar-refractivity contribution >= 4 is 39.1 Å². The summed E-state index contributed by atoms with van der Waals surface area (Å²) in [5, 5.41) is 7.94. The number of nitrogens with one attached hydrogen (secondary N) is 1. The molecule has 0 radical (unpaired) electrons. The van der Waals surface area contributed by atoms with Crippen molar-refractivity contribution < 1.29 is 9.18 Å². The topological polar surface area (TPSA) is 49.0 Å². The minimum atomic E-state index is -0.452. The molecule has 1 aliphatic rings. The van der Waals surface area contributed by atoms with Gasteiger partial charge in [0.2, 0.25) is 0 Å². The fraction of sp³-hybridized carbons (Fsp3) is 0.0435. The molecule has 4 nitrogen and oxygen atoms in total. The lowest BCUT2D eigenvalue weighted by Gasteiger charge is -2.26. The Morgan fingerprint density at radius 3 is 2.30 bits per heavy atom. The molecule has 1 N–H and O–H groups in total. The molecular formula is C23H14BrClFN3O. The molecule has 1 amide bonds. The molecule has 0 bridgehead atoms. The molecule has 0 fully saturated rings. The van der Waals surface area contributed by atoms with Crippen LogP contribution in [-0.2, 0) is 0 Å². The summed E-state index contributed by atoms with van der Waals surface area (Å²) in [5.74, 6) is -0.529. The maximum atomic E-state index is 13.6. The highest BCUT2D eigenvalue weighted by molar-refractivity contribution is 9.10. The van der Waals surface area contributed by atoms with Crippen LogP contribution in [0.4, 0.5) is 10.1 Å². The number of hydrogen-bond donors (Lipinski definition) is 1. The molecule has 0 saturated carbocycles. The Morgan fingerprint density at radius 1 is 0.967 bits per heavy atom. The standard InChI is InChI=1S/C23H14BrClFN3O/c24-15-5-1-13(2-6-15)20-19-21(28-27-20)23(30)29(18-11-7-16(25)8-12-18)22(19)14-3-9-17(26)10-4-14/h1-12,22H,(H,27,28)/t22-/m1/s1. The average molecular weight is 483 g/mol. The molecule has 3 aromatic carbocycles. The lowest BCUT2D eigenvalue weighted by atomic mass is 9.96. The quantitative estimate of drug-likeness (QED) is 0.368. The molecule has 1 aromatic heterocycles. The number of rotatable bonds is 3. The molecule has 5 rings (SSSR count). The second kappa shape index (κ2) is 7.38. The van der Waals surface area contributed by atoms with E-state index < -0.39 is 6.04 Å².